The van der Waals surface area contributed by atoms with Gasteiger partial charge in [-0.15, -0.1) is 0 Å². The first-order valence-corrected chi connectivity index (χ1v) is 8.23. The van der Waals surface area contributed by atoms with Gasteiger partial charge in [-0.25, -0.2) is 13.1 Å². The number of non-ortho nitro benzene ring substituents is 1. The van der Waals surface area contributed by atoms with Gasteiger partial charge in [0, 0.05) is 18.7 Å². The summed E-state index contributed by atoms with van der Waals surface area (Å²) in [4.78, 5) is 11.8. The van der Waals surface area contributed by atoms with E-state index in [4.69, 9.17) is 4.42 Å². The molecule has 0 unspecified atom stereocenters. The molecule has 0 aliphatic rings. The topological polar surface area (TPSA) is 106 Å². The summed E-state index contributed by atoms with van der Waals surface area (Å²) in [6.07, 6.45) is 1.52. The summed E-state index contributed by atoms with van der Waals surface area (Å²) >= 11 is 0. The number of nitro benzene ring substituents is 1. The summed E-state index contributed by atoms with van der Waals surface area (Å²) in [7, 11) is -0.138. The Bertz CT molecular complexity index is 754. The van der Waals surface area contributed by atoms with Gasteiger partial charge in [0.1, 0.15) is 5.76 Å². The Kier molecular flexibility index (Phi) is 5.14. The van der Waals surface area contributed by atoms with Crippen molar-refractivity contribution in [1.29, 1.82) is 0 Å². The largest absolute Gasteiger partial charge is 0.468 e. The molecule has 0 spiro atoms. The van der Waals surface area contributed by atoms with Crippen molar-refractivity contribution >= 4 is 15.7 Å². The van der Waals surface area contributed by atoms with Gasteiger partial charge in [0.15, 0.2) is 0 Å². The molecule has 0 aliphatic carbocycles. The molecule has 0 bridgehead atoms. The first kappa shape index (κ1) is 17.1. The lowest BCUT2D eigenvalue weighted by Crippen LogP contribution is -2.34. The Balaban J connectivity index is 2.12. The third kappa shape index (κ3) is 4.15. The number of nitrogens with zero attached hydrogens (tertiary/aromatic N) is 2. The third-order valence-electron chi connectivity index (χ3n) is 3.32. The van der Waals surface area contributed by atoms with E-state index in [0.717, 1.165) is 12.1 Å². The summed E-state index contributed by atoms with van der Waals surface area (Å²) in [5.74, 6) is 0.640. The standard InChI is InChI=1S/C14H17N3O5S/c1-16(2)13(14-4-3-9-22-14)10-15-23(20,21)12-7-5-11(6-8-12)17(18)19/h3-9,13,15H,10H2,1-2H3/t13-/m1/s1. The van der Waals surface area contributed by atoms with E-state index in [9.17, 15) is 18.5 Å². The molecule has 1 aromatic heterocycles. The molecule has 0 radical (unpaired) electrons. The minimum atomic E-state index is -3.76. The van der Waals surface area contributed by atoms with E-state index < -0.39 is 14.9 Å². The Hall–Kier alpha value is -2.23. The lowest BCUT2D eigenvalue weighted by Gasteiger charge is -2.22. The van der Waals surface area contributed by atoms with Crippen LogP contribution in [0.25, 0.3) is 0 Å². The maximum atomic E-state index is 12.3. The van der Waals surface area contributed by atoms with Crippen molar-refractivity contribution in [3.05, 3.63) is 58.5 Å². The SMILES string of the molecule is CN(C)[C@H](CNS(=O)(=O)c1ccc([N+](=O)[O-])cc1)c1ccco1. The number of hydrogen-bond donors (Lipinski definition) is 1. The Morgan fingerprint density at radius 3 is 2.39 bits per heavy atom. The molecule has 0 aliphatic heterocycles. The zero-order valence-corrected chi connectivity index (χ0v) is 13.5. The molecule has 9 heteroatoms. The minimum absolute atomic E-state index is 0.0277. The molecule has 8 nitrogen and oxygen atoms in total. The van der Waals surface area contributed by atoms with Crippen molar-refractivity contribution in [1.82, 2.24) is 9.62 Å². The number of likely N-dealkylation sites (N-methyl/N-ethyl adjacent to an activating group) is 1. The molecule has 1 N–H and O–H groups in total. The molecule has 23 heavy (non-hydrogen) atoms. The van der Waals surface area contributed by atoms with Crippen molar-refractivity contribution in [3.63, 3.8) is 0 Å². The molecule has 0 amide bonds. The van der Waals surface area contributed by atoms with E-state index in [-0.39, 0.29) is 23.2 Å². The van der Waals surface area contributed by atoms with Crippen LogP contribution in [0, 0.1) is 10.1 Å². The zero-order valence-electron chi connectivity index (χ0n) is 12.7. The van der Waals surface area contributed by atoms with Gasteiger partial charge in [0.05, 0.1) is 22.1 Å². The molecule has 2 rings (SSSR count). The van der Waals surface area contributed by atoms with Gasteiger partial charge >= 0.3 is 0 Å². The van der Waals surface area contributed by atoms with Crippen LogP contribution in [0.3, 0.4) is 0 Å². The second-order valence-corrected chi connectivity index (χ2v) is 6.86. The summed E-state index contributed by atoms with van der Waals surface area (Å²) < 4.78 is 32.4. The molecule has 0 saturated carbocycles. The molecule has 0 saturated heterocycles. The molecule has 124 valence electrons. The zero-order chi connectivity index (χ0) is 17.0. The fraction of sp³-hybridized carbons (Fsp3) is 0.286. The average Bonchev–Trinajstić information content (AvgIpc) is 3.01. The first-order valence-electron chi connectivity index (χ1n) is 6.75. The summed E-state index contributed by atoms with van der Waals surface area (Å²) in [6.45, 7) is 0.111. The van der Waals surface area contributed by atoms with Crippen LogP contribution in [-0.2, 0) is 10.0 Å². The summed E-state index contributed by atoms with van der Waals surface area (Å²) in [6, 6.07) is 7.96. The van der Waals surface area contributed by atoms with Gasteiger partial charge in [-0.05, 0) is 38.4 Å². The number of rotatable bonds is 7. The highest BCUT2D eigenvalue weighted by Gasteiger charge is 2.22. The lowest BCUT2D eigenvalue weighted by atomic mass is 10.2. The monoisotopic (exact) mass is 339 g/mol. The van der Waals surface area contributed by atoms with Crippen LogP contribution in [0.5, 0.6) is 0 Å². The first-order chi connectivity index (χ1) is 10.8. The number of nitrogens with one attached hydrogen (secondary N) is 1. The van der Waals surface area contributed by atoms with E-state index in [1.54, 1.807) is 12.1 Å². The smallest absolute Gasteiger partial charge is 0.269 e. The van der Waals surface area contributed by atoms with E-state index in [2.05, 4.69) is 4.72 Å². The molecular formula is C14H17N3O5S. The second kappa shape index (κ2) is 6.90. The number of hydrogen-bond acceptors (Lipinski definition) is 6. The molecule has 2 aromatic rings. The van der Waals surface area contributed by atoms with Crippen molar-refractivity contribution in [3.8, 4) is 0 Å². The average molecular weight is 339 g/mol. The number of benzene rings is 1. The van der Waals surface area contributed by atoms with Gasteiger partial charge in [0.25, 0.3) is 5.69 Å². The summed E-state index contributed by atoms with van der Waals surface area (Å²) in [5, 5.41) is 10.6. The predicted octanol–water partition coefficient (Wildman–Crippen LogP) is 1.77. The molecule has 1 atom stereocenters. The van der Waals surface area contributed by atoms with E-state index in [1.165, 1.54) is 18.4 Å². The van der Waals surface area contributed by atoms with Crippen molar-refractivity contribution < 1.29 is 17.8 Å². The van der Waals surface area contributed by atoms with Gasteiger partial charge in [-0.1, -0.05) is 0 Å². The third-order valence-corrected chi connectivity index (χ3v) is 4.76. The van der Waals surface area contributed by atoms with Crippen LogP contribution in [-0.4, -0.2) is 38.9 Å². The van der Waals surface area contributed by atoms with Crippen molar-refractivity contribution in [2.75, 3.05) is 20.6 Å². The highest BCUT2D eigenvalue weighted by atomic mass is 32.2. The molecule has 0 fully saturated rings. The van der Waals surface area contributed by atoms with Crippen LogP contribution >= 0.6 is 0 Å². The maximum Gasteiger partial charge on any atom is 0.269 e. The van der Waals surface area contributed by atoms with Crippen LogP contribution in [0.15, 0.2) is 52.0 Å². The molecular weight excluding hydrogens is 322 g/mol. The van der Waals surface area contributed by atoms with Crippen LogP contribution in [0.1, 0.15) is 11.8 Å². The van der Waals surface area contributed by atoms with Crippen molar-refractivity contribution in [2.24, 2.45) is 0 Å². The second-order valence-electron chi connectivity index (χ2n) is 5.10. The normalized spacial score (nSPS) is 13.2. The molecule has 1 aromatic carbocycles. The van der Waals surface area contributed by atoms with Gasteiger partial charge in [0.2, 0.25) is 10.0 Å². The lowest BCUT2D eigenvalue weighted by molar-refractivity contribution is -0.384. The van der Waals surface area contributed by atoms with E-state index in [1.807, 2.05) is 19.0 Å². The molecule has 1 heterocycles. The van der Waals surface area contributed by atoms with Crippen LogP contribution in [0.2, 0.25) is 0 Å². The Labute approximate surface area is 133 Å². The quantitative estimate of drug-likeness (QED) is 0.609. The van der Waals surface area contributed by atoms with Gasteiger partial charge in [-0.3, -0.25) is 15.0 Å². The highest BCUT2D eigenvalue weighted by molar-refractivity contribution is 7.89. The van der Waals surface area contributed by atoms with Gasteiger partial charge in [-0.2, -0.15) is 0 Å². The van der Waals surface area contributed by atoms with E-state index >= 15 is 0 Å². The van der Waals surface area contributed by atoms with Gasteiger partial charge < -0.3 is 4.42 Å². The fourth-order valence-corrected chi connectivity index (χ4v) is 3.08. The Morgan fingerprint density at radius 1 is 1.26 bits per heavy atom. The van der Waals surface area contributed by atoms with Crippen LogP contribution < -0.4 is 4.72 Å². The number of furan rings is 1. The number of nitro groups is 1. The van der Waals surface area contributed by atoms with E-state index in [0.29, 0.717) is 5.76 Å². The Morgan fingerprint density at radius 2 is 1.91 bits per heavy atom. The number of sulfonamides is 1. The van der Waals surface area contributed by atoms with Crippen molar-refractivity contribution in [2.45, 2.75) is 10.9 Å². The fourth-order valence-electron chi connectivity index (χ4n) is 2.04. The predicted molar refractivity (Wildman–Crippen MR) is 83.4 cm³/mol. The minimum Gasteiger partial charge on any atom is -0.468 e. The van der Waals surface area contributed by atoms with Crippen LogP contribution in [0.4, 0.5) is 5.69 Å². The maximum absolute atomic E-state index is 12.3. The summed E-state index contributed by atoms with van der Waals surface area (Å²) in [5.41, 5.74) is -0.161. The highest BCUT2D eigenvalue weighted by Crippen LogP contribution is 2.20.